The van der Waals surface area contributed by atoms with Crippen molar-refractivity contribution in [2.24, 2.45) is 5.92 Å². The standard InChI is InChI=1S/C20H28N4O4S/c1-4-24-18(16-10-7-11-27-16)22-23-20(24)29-12-17(25)28-14(3)19(26)21-15-9-6-5-8-13(15)2/h7,10-11,13-15H,4-6,8-9,12H2,1-3H3,(H,21,26)/t13-,14+,15+/m0/s1. The molecule has 0 aliphatic heterocycles. The van der Waals surface area contributed by atoms with Gasteiger partial charge < -0.3 is 14.5 Å². The number of nitrogens with zero attached hydrogens (tertiary/aromatic N) is 3. The molecule has 2 heterocycles. The number of hydrogen-bond acceptors (Lipinski definition) is 7. The highest BCUT2D eigenvalue weighted by molar-refractivity contribution is 7.99. The minimum atomic E-state index is -0.819. The Hall–Kier alpha value is -2.29. The van der Waals surface area contributed by atoms with Crippen LogP contribution in [0.4, 0.5) is 0 Å². The summed E-state index contributed by atoms with van der Waals surface area (Å²) in [5.74, 6) is 1.04. The van der Waals surface area contributed by atoms with Gasteiger partial charge in [-0.2, -0.15) is 0 Å². The van der Waals surface area contributed by atoms with Crippen LogP contribution in [-0.2, 0) is 20.9 Å². The fraction of sp³-hybridized carbons (Fsp3) is 0.600. The van der Waals surface area contributed by atoms with Gasteiger partial charge in [-0.1, -0.05) is 31.5 Å². The Morgan fingerprint density at radius 3 is 2.86 bits per heavy atom. The smallest absolute Gasteiger partial charge is 0.317 e. The van der Waals surface area contributed by atoms with Crippen molar-refractivity contribution >= 4 is 23.6 Å². The Balaban J connectivity index is 1.50. The van der Waals surface area contributed by atoms with Crippen molar-refractivity contribution in [1.29, 1.82) is 0 Å². The van der Waals surface area contributed by atoms with Crippen molar-refractivity contribution in [3.63, 3.8) is 0 Å². The second-order valence-electron chi connectivity index (χ2n) is 7.33. The molecule has 8 nitrogen and oxygen atoms in total. The molecule has 1 saturated carbocycles. The lowest BCUT2D eigenvalue weighted by Gasteiger charge is -2.30. The van der Waals surface area contributed by atoms with Gasteiger partial charge in [-0.15, -0.1) is 10.2 Å². The number of rotatable bonds is 8. The maximum Gasteiger partial charge on any atom is 0.317 e. The number of ether oxygens (including phenoxy) is 1. The summed E-state index contributed by atoms with van der Waals surface area (Å²) in [5.41, 5.74) is 0. The van der Waals surface area contributed by atoms with Gasteiger partial charge in [0.25, 0.3) is 5.91 Å². The molecule has 1 aliphatic carbocycles. The van der Waals surface area contributed by atoms with E-state index in [0.29, 0.717) is 29.2 Å². The summed E-state index contributed by atoms with van der Waals surface area (Å²) in [5, 5.41) is 11.9. The van der Waals surface area contributed by atoms with Crippen molar-refractivity contribution in [3.05, 3.63) is 18.4 Å². The predicted molar refractivity (Wildman–Crippen MR) is 109 cm³/mol. The van der Waals surface area contributed by atoms with Gasteiger partial charge in [0.15, 0.2) is 22.8 Å². The minimum Gasteiger partial charge on any atom is -0.461 e. The summed E-state index contributed by atoms with van der Waals surface area (Å²) in [6.07, 6.45) is 5.19. The molecule has 158 valence electrons. The van der Waals surface area contributed by atoms with E-state index >= 15 is 0 Å². The molecule has 1 amide bonds. The van der Waals surface area contributed by atoms with E-state index in [1.807, 2.05) is 17.6 Å². The van der Waals surface area contributed by atoms with Crippen LogP contribution < -0.4 is 5.32 Å². The van der Waals surface area contributed by atoms with Crippen molar-refractivity contribution in [1.82, 2.24) is 20.1 Å². The fourth-order valence-corrected chi connectivity index (χ4v) is 4.29. The largest absolute Gasteiger partial charge is 0.461 e. The Bertz CT molecular complexity index is 821. The second kappa shape index (κ2) is 9.96. The Kier molecular flexibility index (Phi) is 7.35. The molecular weight excluding hydrogens is 392 g/mol. The third kappa shape index (κ3) is 5.41. The lowest BCUT2D eigenvalue weighted by Crippen LogP contribution is -2.46. The zero-order chi connectivity index (χ0) is 20.8. The van der Waals surface area contributed by atoms with Crippen LogP contribution in [-0.4, -0.2) is 44.5 Å². The molecule has 3 rings (SSSR count). The first-order valence-corrected chi connectivity index (χ1v) is 11.1. The number of nitrogens with one attached hydrogen (secondary N) is 1. The molecule has 1 fully saturated rings. The molecule has 3 atom stereocenters. The molecule has 9 heteroatoms. The molecule has 0 unspecified atom stereocenters. The number of hydrogen-bond donors (Lipinski definition) is 1. The molecule has 0 spiro atoms. The number of furan rings is 1. The van der Waals surface area contributed by atoms with Gasteiger partial charge in [0, 0.05) is 12.6 Å². The monoisotopic (exact) mass is 420 g/mol. The van der Waals surface area contributed by atoms with Gasteiger partial charge >= 0.3 is 5.97 Å². The number of aromatic nitrogens is 3. The second-order valence-corrected chi connectivity index (χ2v) is 8.27. The summed E-state index contributed by atoms with van der Waals surface area (Å²) < 4.78 is 12.6. The molecule has 1 aliphatic rings. The van der Waals surface area contributed by atoms with Crippen LogP contribution in [0.1, 0.15) is 46.5 Å². The average Bonchev–Trinajstić information content (AvgIpc) is 3.37. The van der Waals surface area contributed by atoms with E-state index in [2.05, 4.69) is 22.4 Å². The number of carbonyl (C=O) groups excluding carboxylic acids is 2. The maximum absolute atomic E-state index is 12.4. The topological polar surface area (TPSA) is 99.2 Å². The molecular formula is C20H28N4O4S. The third-order valence-corrected chi connectivity index (χ3v) is 6.15. The number of thioether (sulfide) groups is 1. The number of carbonyl (C=O) groups is 2. The lowest BCUT2D eigenvalue weighted by molar-refractivity contribution is -0.152. The summed E-state index contributed by atoms with van der Waals surface area (Å²) in [6.45, 7) is 6.36. The van der Waals surface area contributed by atoms with Crippen LogP contribution in [0.15, 0.2) is 28.0 Å². The van der Waals surface area contributed by atoms with Crippen LogP contribution in [0.2, 0.25) is 0 Å². The Labute approximate surface area is 174 Å². The van der Waals surface area contributed by atoms with E-state index in [1.165, 1.54) is 18.2 Å². The maximum atomic E-state index is 12.4. The van der Waals surface area contributed by atoms with Crippen LogP contribution >= 0.6 is 11.8 Å². The molecule has 0 saturated heterocycles. The fourth-order valence-electron chi connectivity index (χ4n) is 3.51. The van der Waals surface area contributed by atoms with Crippen LogP contribution in [0.25, 0.3) is 11.6 Å². The first-order valence-electron chi connectivity index (χ1n) is 10.1. The highest BCUT2D eigenvalue weighted by Gasteiger charge is 2.26. The molecule has 0 bridgehead atoms. The molecule has 2 aromatic rings. The molecule has 29 heavy (non-hydrogen) atoms. The highest BCUT2D eigenvalue weighted by Crippen LogP contribution is 2.25. The van der Waals surface area contributed by atoms with Crippen molar-refractivity contribution in [3.8, 4) is 11.6 Å². The summed E-state index contributed by atoms with van der Waals surface area (Å²) in [7, 11) is 0. The average molecular weight is 421 g/mol. The van der Waals surface area contributed by atoms with Crippen LogP contribution in [0.5, 0.6) is 0 Å². The predicted octanol–water partition coefficient (Wildman–Crippen LogP) is 3.28. The van der Waals surface area contributed by atoms with E-state index in [4.69, 9.17) is 9.15 Å². The first-order chi connectivity index (χ1) is 14.0. The van der Waals surface area contributed by atoms with Crippen molar-refractivity contribution in [2.75, 3.05) is 5.75 Å². The highest BCUT2D eigenvalue weighted by atomic mass is 32.2. The van der Waals surface area contributed by atoms with E-state index in [-0.39, 0.29) is 17.7 Å². The lowest BCUT2D eigenvalue weighted by atomic mass is 9.86. The number of amides is 1. The summed E-state index contributed by atoms with van der Waals surface area (Å²) >= 11 is 1.23. The summed E-state index contributed by atoms with van der Waals surface area (Å²) in [4.78, 5) is 24.6. The van der Waals surface area contributed by atoms with Crippen molar-refractivity contribution in [2.45, 2.75) is 70.3 Å². The Morgan fingerprint density at radius 2 is 2.17 bits per heavy atom. The van der Waals surface area contributed by atoms with Gasteiger partial charge in [0.05, 0.1) is 12.0 Å². The van der Waals surface area contributed by atoms with Crippen LogP contribution in [0.3, 0.4) is 0 Å². The number of esters is 1. The zero-order valence-corrected chi connectivity index (χ0v) is 17.9. The normalized spacial score (nSPS) is 20.2. The summed E-state index contributed by atoms with van der Waals surface area (Å²) in [6, 6.07) is 3.76. The van der Waals surface area contributed by atoms with E-state index in [1.54, 1.807) is 19.3 Å². The van der Waals surface area contributed by atoms with E-state index < -0.39 is 12.1 Å². The first kappa shape index (κ1) is 21.4. The Morgan fingerprint density at radius 1 is 1.38 bits per heavy atom. The van der Waals surface area contributed by atoms with E-state index in [9.17, 15) is 9.59 Å². The van der Waals surface area contributed by atoms with Gasteiger partial charge in [-0.05, 0) is 44.7 Å². The molecule has 0 radical (unpaired) electrons. The third-order valence-electron chi connectivity index (χ3n) is 5.21. The quantitative estimate of drug-likeness (QED) is 0.517. The van der Waals surface area contributed by atoms with Crippen LogP contribution in [0, 0.1) is 5.92 Å². The minimum absolute atomic E-state index is 0.0493. The van der Waals surface area contributed by atoms with Gasteiger partial charge in [-0.3, -0.25) is 14.2 Å². The molecule has 1 N–H and O–H groups in total. The zero-order valence-electron chi connectivity index (χ0n) is 17.1. The van der Waals surface area contributed by atoms with Gasteiger partial charge in [-0.25, -0.2) is 0 Å². The molecule has 0 aromatic carbocycles. The van der Waals surface area contributed by atoms with Crippen molar-refractivity contribution < 1.29 is 18.7 Å². The molecule has 2 aromatic heterocycles. The SMILES string of the molecule is CCn1c(SCC(=O)O[C@H](C)C(=O)N[C@@H]2CCCC[C@@H]2C)nnc1-c1ccco1. The van der Waals surface area contributed by atoms with Gasteiger partial charge in [0.2, 0.25) is 0 Å². The van der Waals surface area contributed by atoms with E-state index in [0.717, 1.165) is 19.3 Å². The van der Waals surface area contributed by atoms with Gasteiger partial charge in [0.1, 0.15) is 0 Å².